The molecule has 0 aliphatic rings. The van der Waals surface area contributed by atoms with Gasteiger partial charge in [0.2, 0.25) is 0 Å². The SMILES string of the molecule is CCCC(CC)NC(=O)c1cc(F)c(C)c(S(=O)(=O)Cl)c1. The van der Waals surface area contributed by atoms with Crippen molar-refractivity contribution in [3.63, 3.8) is 0 Å². The lowest BCUT2D eigenvalue weighted by Gasteiger charge is -2.16. The minimum Gasteiger partial charge on any atom is -0.349 e. The van der Waals surface area contributed by atoms with Crippen molar-refractivity contribution in [2.75, 3.05) is 0 Å². The van der Waals surface area contributed by atoms with Gasteiger partial charge in [-0.25, -0.2) is 12.8 Å². The number of hydrogen-bond donors (Lipinski definition) is 1. The number of hydrogen-bond acceptors (Lipinski definition) is 3. The molecule has 0 radical (unpaired) electrons. The van der Waals surface area contributed by atoms with Gasteiger partial charge in [-0.05, 0) is 31.9 Å². The molecule has 1 N–H and O–H groups in total. The number of rotatable bonds is 6. The van der Waals surface area contributed by atoms with Gasteiger partial charge in [-0.3, -0.25) is 4.79 Å². The van der Waals surface area contributed by atoms with Gasteiger partial charge < -0.3 is 5.32 Å². The summed E-state index contributed by atoms with van der Waals surface area (Å²) in [6, 6.07) is 2.10. The molecule has 118 valence electrons. The van der Waals surface area contributed by atoms with E-state index in [2.05, 4.69) is 5.32 Å². The van der Waals surface area contributed by atoms with Gasteiger partial charge in [-0.15, -0.1) is 0 Å². The van der Waals surface area contributed by atoms with E-state index in [0.29, 0.717) is 0 Å². The Morgan fingerprint density at radius 3 is 2.48 bits per heavy atom. The predicted molar refractivity (Wildman–Crippen MR) is 80.6 cm³/mol. The van der Waals surface area contributed by atoms with Crippen LogP contribution < -0.4 is 5.32 Å². The van der Waals surface area contributed by atoms with E-state index >= 15 is 0 Å². The third kappa shape index (κ3) is 4.68. The third-order valence-electron chi connectivity index (χ3n) is 3.29. The maximum atomic E-state index is 13.8. The lowest BCUT2D eigenvalue weighted by Crippen LogP contribution is -2.34. The highest BCUT2D eigenvalue weighted by molar-refractivity contribution is 8.13. The molecule has 0 bridgehead atoms. The zero-order chi connectivity index (χ0) is 16.2. The predicted octanol–water partition coefficient (Wildman–Crippen LogP) is 3.37. The summed E-state index contributed by atoms with van der Waals surface area (Å²) in [4.78, 5) is 11.7. The van der Waals surface area contributed by atoms with Crippen LogP contribution in [0.4, 0.5) is 4.39 Å². The Balaban J connectivity index is 3.14. The van der Waals surface area contributed by atoms with Crippen molar-refractivity contribution in [2.45, 2.75) is 51.0 Å². The molecular formula is C14H19ClFNO3S. The van der Waals surface area contributed by atoms with Crippen molar-refractivity contribution in [3.05, 3.63) is 29.1 Å². The third-order valence-corrected chi connectivity index (χ3v) is 4.73. The number of amides is 1. The van der Waals surface area contributed by atoms with Crippen molar-refractivity contribution in [3.8, 4) is 0 Å². The van der Waals surface area contributed by atoms with Crippen molar-refractivity contribution in [1.82, 2.24) is 5.32 Å². The molecule has 1 amide bonds. The monoisotopic (exact) mass is 335 g/mol. The van der Waals surface area contributed by atoms with Gasteiger partial charge >= 0.3 is 0 Å². The normalized spacial score (nSPS) is 13.0. The smallest absolute Gasteiger partial charge is 0.261 e. The van der Waals surface area contributed by atoms with Crippen LogP contribution in [0.5, 0.6) is 0 Å². The van der Waals surface area contributed by atoms with Crippen LogP contribution in [0.2, 0.25) is 0 Å². The molecule has 1 rings (SSSR count). The van der Waals surface area contributed by atoms with E-state index in [1.807, 2.05) is 13.8 Å². The van der Waals surface area contributed by atoms with E-state index in [4.69, 9.17) is 10.7 Å². The Morgan fingerprint density at radius 2 is 2.00 bits per heavy atom. The molecule has 1 unspecified atom stereocenters. The molecule has 0 saturated heterocycles. The van der Waals surface area contributed by atoms with E-state index in [1.165, 1.54) is 6.92 Å². The van der Waals surface area contributed by atoms with Crippen molar-refractivity contribution in [2.24, 2.45) is 0 Å². The first-order valence-corrected chi connectivity index (χ1v) is 9.07. The van der Waals surface area contributed by atoms with E-state index in [1.54, 1.807) is 0 Å². The van der Waals surface area contributed by atoms with Crippen molar-refractivity contribution in [1.29, 1.82) is 0 Å². The van der Waals surface area contributed by atoms with Crippen LogP contribution in [0.25, 0.3) is 0 Å². The highest BCUT2D eigenvalue weighted by atomic mass is 35.7. The van der Waals surface area contributed by atoms with E-state index in [-0.39, 0.29) is 22.1 Å². The van der Waals surface area contributed by atoms with Crippen molar-refractivity contribution < 1.29 is 17.6 Å². The molecule has 4 nitrogen and oxygen atoms in total. The molecule has 1 aromatic carbocycles. The first-order chi connectivity index (χ1) is 9.70. The molecule has 0 aliphatic carbocycles. The molecule has 0 fully saturated rings. The first-order valence-electron chi connectivity index (χ1n) is 6.76. The van der Waals surface area contributed by atoms with Crippen LogP contribution >= 0.6 is 10.7 Å². The number of halogens is 2. The highest BCUT2D eigenvalue weighted by Crippen LogP contribution is 2.24. The van der Waals surface area contributed by atoms with Gasteiger partial charge in [0.15, 0.2) is 0 Å². The second kappa shape index (κ2) is 7.22. The largest absolute Gasteiger partial charge is 0.349 e. The molecule has 1 aromatic rings. The fraction of sp³-hybridized carbons (Fsp3) is 0.500. The van der Waals surface area contributed by atoms with E-state index in [0.717, 1.165) is 31.4 Å². The Kier molecular flexibility index (Phi) is 6.16. The van der Waals surface area contributed by atoms with Gasteiger partial charge in [0.25, 0.3) is 15.0 Å². The van der Waals surface area contributed by atoms with Crippen LogP contribution in [0.3, 0.4) is 0 Å². The molecule has 1 atom stereocenters. The average molecular weight is 336 g/mol. The molecular weight excluding hydrogens is 317 g/mol. The van der Waals surface area contributed by atoms with Crippen molar-refractivity contribution >= 4 is 25.6 Å². The Bertz CT molecular complexity index is 631. The average Bonchev–Trinajstić information content (AvgIpc) is 2.39. The van der Waals surface area contributed by atoms with Crippen LogP contribution in [0, 0.1) is 12.7 Å². The van der Waals surface area contributed by atoms with E-state index < -0.39 is 20.8 Å². The molecule has 0 aromatic heterocycles. The summed E-state index contributed by atoms with van der Waals surface area (Å²) in [6.07, 6.45) is 2.45. The van der Waals surface area contributed by atoms with Crippen LogP contribution in [-0.4, -0.2) is 20.4 Å². The van der Waals surface area contributed by atoms with Crippen LogP contribution in [0.15, 0.2) is 17.0 Å². The highest BCUT2D eigenvalue weighted by Gasteiger charge is 2.21. The lowest BCUT2D eigenvalue weighted by molar-refractivity contribution is 0.0933. The van der Waals surface area contributed by atoms with Gasteiger partial charge in [0.1, 0.15) is 5.82 Å². The Morgan fingerprint density at radius 1 is 1.38 bits per heavy atom. The summed E-state index contributed by atoms with van der Waals surface area (Å²) >= 11 is 0. The summed E-state index contributed by atoms with van der Waals surface area (Å²) < 4.78 is 36.7. The fourth-order valence-corrected chi connectivity index (χ4v) is 3.25. The van der Waals surface area contributed by atoms with Gasteiger partial charge in [-0.2, -0.15) is 0 Å². The van der Waals surface area contributed by atoms with Crippen LogP contribution in [-0.2, 0) is 9.05 Å². The molecule has 0 heterocycles. The Labute approximate surface area is 129 Å². The second-order valence-electron chi connectivity index (χ2n) is 4.89. The number of nitrogens with one attached hydrogen (secondary N) is 1. The van der Waals surface area contributed by atoms with Gasteiger partial charge in [0, 0.05) is 27.9 Å². The number of carbonyl (C=O) groups excluding carboxylic acids is 1. The molecule has 0 aliphatic heterocycles. The quantitative estimate of drug-likeness (QED) is 0.811. The summed E-state index contributed by atoms with van der Waals surface area (Å²) in [5, 5.41) is 2.77. The van der Waals surface area contributed by atoms with Crippen LogP contribution in [0.1, 0.15) is 49.0 Å². The zero-order valence-corrected chi connectivity index (χ0v) is 13.8. The maximum Gasteiger partial charge on any atom is 0.261 e. The maximum absolute atomic E-state index is 13.8. The summed E-state index contributed by atoms with van der Waals surface area (Å²) in [5.41, 5.74) is -0.144. The molecule has 0 spiro atoms. The molecule has 0 saturated carbocycles. The standard InChI is InChI=1S/C14H19ClFNO3S/c1-4-6-11(5-2)17-14(18)10-7-12(16)9(3)13(8-10)21(15,19)20/h7-8,11H,4-6H2,1-3H3,(H,17,18). The van der Waals surface area contributed by atoms with Gasteiger partial charge in [0.05, 0.1) is 4.90 Å². The number of carbonyl (C=O) groups is 1. The second-order valence-corrected chi connectivity index (χ2v) is 7.42. The minimum absolute atomic E-state index is 0.0251. The fourth-order valence-electron chi connectivity index (χ4n) is 2.03. The molecule has 21 heavy (non-hydrogen) atoms. The summed E-state index contributed by atoms with van der Waals surface area (Å²) in [5.74, 6) is -1.28. The van der Waals surface area contributed by atoms with E-state index in [9.17, 15) is 17.6 Å². The lowest BCUT2D eigenvalue weighted by atomic mass is 10.1. The Hall–Kier alpha value is -1.14. The first kappa shape index (κ1) is 17.9. The molecule has 7 heteroatoms. The topological polar surface area (TPSA) is 63.2 Å². The summed E-state index contributed by atoms with van der Waals surface area (Å²) in [7, 11) is 1.17. The summed E-state index contributed by atoms with van der Waals surface area (Å²) in [6.45, 7) is 5.24. The van der Waals surface area contributed by atoms with Gasteiger partial charge in [-0.1, -0.05) is 20.3 Å². The minimum atomic E-state index is -4.10. The number of benzene rings is 1. The zero-order valence-electron chi connectivity index (χ0n) is 12.2.